The monoisotopic (exact) mass is 443 g/mol. The average Bonchev–Trinajstić information content (AvgIpc) is 3.37. The van der Waals surface area contributed by atoms with Crippen LogP contribution in [0.5, 0.6) is 0 Å². The maximum atomic E-state index is 13.4. The van der Waals surface area contributed by atoms with E-state index >= 15 is 0 Å². The van der Waals surface area contributed by atoms with Crippen LogP contribution in [0.2, 0.25) is 0 Å². The molecular weight excluding hydrogens is 425 g/mol. The number of hydrogen-bond donors (Lipinski definition) is 1. The maximum Gasteiger partial charge on any atom is 0.284 e. The summed E-state index contributed by atoms with van der Waals surface area (Å²) in [4.78, 5) is 13.6. The van der Waals surface area contributed by atoms with Crippen LogP contribution in [0.3, 0.4) is 0 Å². The third kappa shape index (κ3) is 4.42. The molecule has 30 heavy (non-hydrogen) atoms. The van der Waals surface area contributed by atoms with Gasteiger partial charge < -0.3 is 0 Å². The van der Waals surface area contributed by atoms with Gasteiger partial charge in [-0.25, -0.2) is 17.8 Å². The van der Waals surface area contributed by atoms with Gasteiger partial charge in [0.05, 0.1) is 22.9 Å². The van der Waals surface area contributed by atoms with Crippen LogP contribution in [0.1, 0.15) is 33.3 Å². The number of amides is 1. The molecule has 1 aromatic heterocycles. The van der Waals surface area contributed by atoms with E-state index in [4.69, 9.17) is 0 Å². The van der Waals surface area contributed by atoms with Crippen LogP contribution in [0.15, 0.2) is 71.1 Å². The van der Waals surface area contributed by atoms with Crippen LogP contribution in [0, 0.1) is 5.82 Å². The molecule has 1 N–H and O–H groups in total. The Morgan fingerprint density at radius 1 is 1.17 bits per heavy atom. The average molecular weight is 444 g/mol. The molecule has 0 saturated heterocycles. The second-order valence-electron chi connectivity index (χ2n) is 6.90. The molecule has 4 rings (SSSR count). The van der Waals surface area contributed by atoms with Gasteiger partial charge in [0.2, 0.25) is 10.0 Å². The van der Waals surface area contributed by atoms with Crippen molar-refractivity contribution in [2.75, 3.05) is 11.0 Å². The number of anilines is 1. The number of nitrogens with one attached hydrogen (secondary N) is 1. The molecule has 0 radical (unpaired) electrons. The van der Waals surface area contributed by atoms with Gasteiger partial charge >= 0.3 is 0 Å². The van der Waals surface area contributed by atoms with Crippen LogP contribution < -0.4 is 4.72 Å². The molecule has 1 aliphatic rings. The summed E-state index contributed by atoms with van der Waals surface area (Å²) in [6.45, 7) is 0. The van der Waals surface area contributed by atoms with Gasteiger partial charge in [-0.15, -0.1) is 11.3 Å². The molecule has 0 spiro atoms. The van der Waals surface area contributed by atoms with Crippen LogP contribution in [0.25, 0.3) is 0 Å². The third-order valence-corrected chi connectivity index (χ3v) is 6.07. The third-order valence-electron chi connectivity index (χ3n) is 4.60. The highest BCUT2D eigenvalue weighted by Gasteiger charge is 2.34. The quantitative estimate of drug-likeness (QED) is 0.640. The van der Waals surface area contributed by atoms with E-state index in [2.05, 4.69) is 9.82 Å². The van der Waals surface area contributed by atoms with Crippen LogP contribution in [-0.2, 0) is 10.0 Å². The van der Waals surface area contributed by atoms with E-state index in [1.54, 1.807) is 42.5 Å². The highest BCUT2D eigenvalue weighted by Crippen LogP contribution is 2.35. The molecule has 1 atom stereocenters. The number of thiophene rings is 1. The number of benzene rings is 2. The minimum atomic E-state index is -3.42. The van der Waals surface area contributed by atoms with Crippen molar-refractivity contribution in [1.82, 2.24) is 5.01 Å². The van der Waals surface area contributed by atoms with Crippen molar-refractivity contribution < 1.29 is 17.6 Å². The molecule has 0 bridgehead atoms. The molecule has 2 aromatic carbocycles. The number of sulfonamides is 1. The number of hydrogen-bond acceptors (Lipinski definition) is 5. The van der Waals surface area contributed by atoms with Gasteiger partial charge in [-0.05, 0) is 46.8 Å². The van der Waals surface area contributed by atoms with Crippen molar-refractivity contribution in [1.29, 1.82) is 0 Å². The highest BCUT2D eigenvalue weighted by molar-refractivity contribution is 7.92. The second-order valence-corrected chi connectivity index (χ2v) is 9.60. The number of carbonyl (C=O) groups excluding carboxylic acids is 1. The zero-order valence-corrected chi connectivity index (χ0v) is 17.6. The van der Waals surface area contributed by atoms with Crippen molar-refractivity contribution in [3.05, 3.63) is 87.9 Å². The van der Waals surface area contributed by atoms with E-state index in [-0.39, 0.29) is 17.8 Å². The van der Waals surface area contributed by atoms with E-state index in [0.717, 1.165) is 11.8 Å². The van der Waals surface area contributed by atoms with Gasteiger partial charge in [0.25, 0.3) is 5.91 Å². The SMILES string of the molecule is CS(=O)(=O)Nc1cccc(C2=NN(C(=O)c3cccs3)[C@H](c3ccc(F)cc3)C2)c1. The molecule has 1 aliphatic heterocycles. The van der Waals surface area contributed by atoms with Crippen molar-refractivity contribution in [2.45, 2.75) is 12.5 Å². The summed E-state index contributed by atoms with van der Waals surface area (Å²) < 4.78 is 39.0. The Bertz CT molecular complexity index is 1210. The lowest BCUT2D eigenvalue weighted by Gasteiger charge is -2.21. The Hall–Kier alpha value is -3.04. The molecular formula is C21H18FN3O3S2. The zero-order valence-electron chi connectivity index (χ0n) is 15.9. The second kappa shape index (κ2) is 8.00. The van der Waals surface area contributed by atoms with E-state index in [9.17, 15) is 17.6 Å². The fourth-order valence-electron chi connectivity index (χ4n) is 3.31. The van der Waals surface area contributed by atoms with E-state index in [1.165, 1.54) is 28.5 Å². The molecule has 154 valence electrons. The van der Waals surface area contributed by atoms with E-state index in [1.807, 2.05) is 11.4 Å². The van der Waals surface area contributed by atoms with E-state index < -0.39 is 10.0 Å². The number of halogens is 1. The Labute approximate surface area is 177 Å². The Morgan fingerprint density at radius 2 is 1.93 bits per heavy atom. The van der Waals surface area contributed by atoms with Crippen molar-refractivity contribution in [3.8, 4) is 0 Å². The van der Waals surface area contributed by atoms with Gasteiger partial charge in [0.1, 0.15) is 5.82 Å². The molecule has 0 aliphatic carbocycles. The molecule has 6 nitrogen and oxygen atoms in total. The topological polar surface area (TPSA) is 78.8 Å². The van der Waals surface area contributed by atoms with Crippen LogP contribution in [-0.4, -0.2) is 31.3 Å². The molecule has 1 amide bonds. The molecule has 3 aromatic rings. The minimum Gasteiger partial charge on any atom is -0.284 e. The molecule has 2 heterocycles. The first-order chi connectivity index (χ1) is 14.3. The highest BCUT2D eigenvalue weighted by atomic mass is 32.2. The Balaban J connectivity index is 1.70. The summed E-state index contributed by atoms with van der Waals surface area (Å²) in [5, 5.41) is 7.81. The van der Waals surface area contributed by atoms with Crippen molar-refractivity contribution >= 4 is 38.7 Å². The predicted octanol–water partition coefficient (Wildman–Crippen LogP) is 4.25. The lowest BCUT2D eigenvalue weighted by molar-refractivity contribution is 0.0716. The molecule has 9 heteroatoms. The van der Waals surface area contributed by atoms with Gasteiger partial charge in [-0.2, -0.15) is 5.10 Å². The fraction of sp³-hybridized carbons (Fsp3) is 0.143. The zero-order chi connectivity index (χ0) is 21.3. The summed E-state index contributed by atoms with van der Waals surface area (Å²) in [6.07, 6.45) is 1.50. The standard InChI is InChI=1S/C21H18FN3O3S2/c1-30(27,28)24-17-5-2-4-15(12-17)18-13-19(14-7-9-16(22)10-8-14)25(23-18)21(26)20-6-3-11-29-20/h2-12,19,24H,13H2,1H3/t19-/m0/s1. The first-order valence-corrected chi connectivity index (χ1v) is 11.9. The first kappa shape index (κ1) is 20.2. The summed E-state index contributed by atoms with van der Waals surface area (Å²) in [5.41, 5.74) is 2.54. The maximum absolute atomic E-state index is 13.4. The van der Waals surface area contributed by atoms with Crippen LogP contribution in [0.4, 0.5) is 10.1 Å². The summed E-state index contributed by atoms with van der Waals surface area (Å²) >= 11 is 1.33. The smallest absolute Gasteiger partial charge is 0.284 e. The molecule has 0 saturated carbocycles. The normalized spacial score (nSPS) is 16.4. The Morgan fingerprint density at radius 3 is 2.60 bits per heavy atom. The van der Waals surface area contributed by atoms with Gasteiger partial charge in [-0.1, -0.05) is 30.3 Å². The van der Waals surface area contributed by atoms with Gasteiger partial charge in [0, 0.05) is 12.1 Å². The van der Waals surface area contributed by atoms with Gasteiger partial charge in [0.15, 0.2) is 0 Å². The predicted molar refractivity (Wildman–Crippen MR) is 116 cm³/mol. The largest absolute Gasteiger partial charge is 0.284 e. The number of carbonyl (C=O) groups is 1. The Kier molecular flexibility index (Phi) is 5.40. The summed E-state index contributed by atoms with van der Waals surface area (Å²) in [6, 6.07) is 16.0. The van der Waals surface area contributed by atoms with Crippen molar-refractivity contribution in [3.63, 3.8) is 0 Å². The number of nitrogens with zero attached hydrogens (tertiary/aromatic N) is 2. The lowest BCUT2D eigenvalue weighted by atomic mass is 9.98. The number of hydrazone groups is 1. The molecule has 0 unspecified atom stereocenters. The summed E-state index contributed by atoms with van der Waals surface area (Å²) in [7, 11) is -3.42. The summed E-state index contributed by atoms with van der Waals surface area (Å²) in [5.74, 6) is -0.590. The van der Waals surface area contributed by atoms with Crippen molar-refractivity contribution in [2.24, 2.45) is 5.10 Å². The van der Waals surface area contributed by atoms with E-state index in [0.29, 0.717) is 28.3 Å². The van der Waals surface area contributed by atoms with Crippen LogP contribution >= 0.6 is 11.3 Å². The fourth-order valence-corrected chi connectivity index (χ4v) is 4.52. The lowest BCUT2D eigenvalue weighted by Crippen LogP contribution is -2.26. The minimum absolute atomic E-state index is 0.236. The first-order valence-electron chi connectivity index (χ1n) is 9.08. The number of rotatable bonds is 5. The molecule has 0 fully saturated rings. The van der Waals surface area contributed by atoms with Gasteiger partial charge in [-0.3, -0.25) is 9.52 Å².